The normalized spacial score (nSPS) is 17.0. The monoisotopic (exact) mass is 327 g/mol. The number of rotatable bonds is 4. The molecule has 1 aliphatic rings. The van der Waals surface area contributed by atoms with E-state index in [4.69, 9.17) is 9.47 Å². The van der Waals surface area contributed by atoms with E-state index in [1.165, 1.54) is 0 Å². The van der Waals surface area contributed by atoms with Crippen molar-refractivity contribution in [2.75, 3.05) is 20.2 Å². The second-order valence-corrected chi connectivity index (χ2v) is 5.94. The van der Waals surface area contributed by atoms with Gasteiger partial charge in [-0.2, -0.15) is 4.98 Å². The molecule has 1 amide bonds. The van der Waals surface area contributed by atoms with E-state index in [1.807, 2.05) is 36.1 Å². The molecule has 1 unspecified atom stereocenters. The molecule has 1 saturated heterocycles. The van der Waals surface area contributed by atoms with Crippen LogP contribution in [0.5, 0.6) is 17.4 Å². The summed E-state index contributed by atoms with van der Waals surface area (Å²) in [5, 5.41) is 0. The van der Waals surface area contributed by atoms with Crippen LogP contribution in [-0.4, -0.2) is 41.0 Å². The van der Waals surface area contributed by atoms with E-state index < -0.39 is 0 Å². The van der Waals surface area contributed by atoms with Crippen LogP contribution in [0.25, 0.3) is 0 Å². The molecule has 0 radical (unpaired) electrons. The summed E-state index contributed by atoms with van der Waals surface area (Å²) in [6.45, 7) is 4.93. The van der Waals surface area contributed by atoms with E-state index in [1.54, 1.807) is 20.1 Å². The first-order valence-electron chi connectivity index (χ1n) is 7.98. The Morgan fingerprint density at radius 1 is 1.25 bits per heavy atom. The van der Waals surface area contributed by atoms with Crippen molar-refractivity contribution in [2.24, 2.45) is 0 Å². The molecule has 6 heteroatoms. The van der Waals surface area contributed by atoms with Crippen LogP contribution in [0.3, 0.4) is 0 Å². The van der Waals surface area contributed by atoms with Gasteiger partial charge in [0, 0.05) is 43.8 Å². The van der Waals surface area contributed by atoms with Gasteiger partial charge in [-0.3, -0.25) is 4.79 Å². The molecule has 0 saturated carbocycles. The number of aromatic nitrogens is 2. The number of ether oxygens (including phenoxy) is 2. The summed E-state index contributed by atoms with van der Waals surface area (Å²) in [6.07, 6.45) is 0.877. The van der Waals surface area contributed by atoms with Gasteiger partial charge < -0.3 is 14.4 Å². The summed E-state index contributed by atoms with van der Waals surface area (Å²) in [5.74, 6) is 2.88. The Balaban J connectivity index is 1.80. The molecule has 1 aliphatic heterocycles. The van der Waals surface area contributed by atoms with Crippen LogP contribution in [0.4, 0.5) is 0 Å². The third-order valence-corrected chi connectivity index (χ3v) is 4.11. The molecule has 1 aromatic carbocycles. The molecule has 2 aromatic rings. The fraction of sp³-hybridized carbons (Fsp3) is 0.389. The summed E-state index contributed by atoms with van der Waals surface area (Å²) in [4.78, 5) is 22.4. The second-order valence-electron chi connectivity index (χ2n) is 5.94. The number of likely N-dealkylation sites (tertiary alicyclic amines) is 1. The number of hydrogen-bond acceptors (Lipinski definition) is 5. The van der Waals surface area contributed by atoms with Crippen molar-refractivity contribution in [1.29, 1.82) is 0 Å². The molecular formula is C18H21N3O3. The number of nitrogens with zero attached hydrogens (tertiary/aromatic N) is 3. The van der Waals surface area contributed by atoms with Crippen LogP contribution < -0.4 is 9.47 Å². The van der Waals surface area contributed by atoms with Gasteiger partial charge in [0.05, 0.1) is 7.11 Å². The van der Waals surface area contributed by atoms with E-state index in [0.29, 0.717) is 18.2 Å². The Kier molecular flexibility index (Phi) is 4.64. The Hall–Kier alpha value is -2.63. The first-order chi connectivity index (χ1) is 11.5. The Bertz CT molecular complexity index is 748. The van der Waals surface area contributed by atoms with Crippen LogP contribution in [0.2, 0.25) is 0 Å². The molecule has 24 heavy (non-hydrogen) atoms. The van der Waals surface area contributed by atoms with Crippen LogP contribution in [0.1, 0.15) is 30.8 Å². The van der Waals surface area contributed by atoms with Gasteiger partial charge in [0.2, 0.25) is 11.8 Å². The number of methoxy groups -OCH3 is 1. The number of hydrogen-bond donors (Lipinski definition) is 0. The molecule has 0 aliphatic carbocycles. The maximum absolute atomic E-state index is 11.5. The number of carbonyl (C=O) groups is 1. The maximum Gasteiger partial charge on any atom is 0.222 e. The van der Waals surface area contributed by atoms with Crippen molar-refractivity contribution in [1.82, 2.24) is 14.9 Å². The minimum Gasteiger partial charge on any atom is -0.497 e. The van der Waals surface area contributed by atoms with Crippen LogP contribution >= 0.6 is 0 Å². The van der Waals surface area contributed by atoms with Crippen molar-refractivity contribution in [3.8, 4) is 17.4 Å². The number of carbonyl (C=O) groups excluding carboxylic acids is 1. The molecule has 1 atom stereocenters. The highest BCUT2D eigenvalue weighted by molar-refractivity contribution is 5.73. The molecule has 1 aromatic heterocycles. The standard InChI is InChI=1S/C18H21N3O3/c1-12-9-17(24-16-6-4-5-15(10-16)23-3)20-18(19-12)14-7-8-21(11-14)13(2)22/h4-6,9-10,14H,7-8,11H2,1-3H3. The number of amides is 1. The van der Waals surface area contributed by atoms with Crippen molar-refractivity contribution in [2.45, 2.75) is 26.2 Å². The quantitative estimate of drug-likeness (QED) is 0.864. The van der Waals surface area contributed by atoms with Gasteiger partial charge in [0.15, 0.2) is 0 Å². The van der Waals surface area contributed by atoms with Gasteiger partial charge in [-0.15, -0.1) is 0 Å². The Morgan fingerprint density at radius 2 is 2.04 bits per heavy atom. The third kappa shape index (κ3) is 3.64. The van der Waals surface area contributed by atoms with E-state index in [2.05, 4.69) is 9.97 Å². The van der Waals surface area contributed by atoms with Gasteiger partial charge in [-0.05, 0) is 25.5 Å². The van der Waals surface area contributed by atoms with Crippen molar-refractivity contribution in [3.63, 3.8) is 0 Å². The van der Waals surface area contributed by atoms with E-state index in [-0.39, 0.29) is 11.8 Å². The van der Waals surface area contributed by atoms with Gasteiger partial charge in [0.1, 0.15) is 17.3 Å². The molecule has 6 nitrogen and oxygen atoms in total. The Labute approximate surface area is 141 Å². The van der Waals surface area contributed by atoms with Crippen LogP contribution in [-0.2, 0) is 4.79 Å². The topological polar surface area (TPSA) is 64.6 Å². The maximum atomic E-state index is 11.5. The molecular weight excluding hydrogens is 306 g/mol. The summed E-state index contributed by atoms with van der Waals surface area (Å²) in [5.41, 5.74) is 0.846. The third-order valence-electron chi connectivity index (χ3n) is 4.11. The zero-order chi connectivity index (χ0) is 17.1. The lowest BCUT2D eigenvalue weighted by molar-refractivity contribution is -0.127. The fourth-order valence-electron chi connectivity index (χ4n) is 2.84. The lowest BCUT2D eigenvalue weighted by Crippen LogP contribution is -2.25. The summed E-state index contributed by atoms with van der Waals surface area (Å²) < 4.78 is 11.1. The number of aryl methyl sites for hydroxylation is 1. The SMILES string of the molecule is COc1cccc(Oc2cc(C)nc(C3CCN(C(C)=O)C3)n2)c1. The summed E-state index contributed by atoms with van der Waals surface area (Å²) in [6, 6.07) is 9.20. The summed E-state index contributed by atoms with van der Waals surface area (Å²) in [7, 11) is 1.62. The first-order valence-corrected chi connectivity index (χ1v) is 7.98. The summed E-state index contributed by atoms with van der Waals surface area (Å²) >= 11 is 0. The van der Waals surface area contributed by atoms with Gasteiger partial charge >= 0.3 is 0 Å². The van der Waals surface area contributed by atoms with Gasteiger partial charge in [0.25, 0.3) is 0 Å². The predicted molar refractivity (Wildman–Crippen MR) is 89.4 cm³/mol. The largest absolute Gasteiger partial charge is 0.497 e. The minimum atomic E-state index is 0.0954. The van der Waals surface area contributed by atoms with E-state index >= 15 is 0 Å². The minimum absolute atomic E-state index is 0.0954. The van der Waals surface area contributed by atoms with Gasteiger partial charge in [-0.25, -0.2) is 4.98 Å². The molecule has 0 N–H and O–H groups in total. The van der Waals surface area contributed by atoms with Crippen molar-refractivity contribution >= 4 is 5.91 Å². The van der Waals surface area contributed by atoms with Crippen molar-refractivity contribution < 1.29 is 14.3 Å². The highest BCUT2D eigenvalue weighted by Crippen LogP contribution is 2.28. The molecule has 0 spiro atoms. The molecule has 126 valence electrons. The van der Waals surface area contributed by atoms with Crippen molar-refractivity contribution in [3.05, 3.63) is 41.9 Å². The first kappa shape index (κ1) is 16.2. The predicted octanol–water partition coefficient (Wildman–Crippen LogP) is 2.92. The average molecular weight is 327 g/mol. The zero-order valence-electron chi connectivity index (χ0n) is 14.2. The highest BCUT2D eigenvalue weighted by Gasteiger charge is 2.28. The second kappa shape index (κ2) is 6.86. The van der Waals surface area contributed by atoms with Crippen LogP contribution in [0, 0.1) is 6.92 Å². The molecule has 0 bridgehead atoms. The average Bonchev–Trinajstić information content (AvgIpc) is 3.05. The van der Waals surface area contributed by atoms with E-state index in [0.717, 1.165) is 30.2 Å². The highest BCUT2D eigenvalue weighted by atomic mass is 16.5. The molecule has 3 rings (SSSR count). The lowest BCUT2D eigenvalue weighted by Gasteiger charge is -2.14. The van der Waals surface area contributed by atoms with E-state index in [9.17, 15) is 4.79 Å². The smallest absolute Gasteiger partial charge is 0.222 e. The Morgan fingerprint density at radius 3 is 2.75 bits per heavy atom. The van der Waals surface area contributed by atoms with Gasteiger partial charge in [-0.1, -0.05) is 6.07 Å². The fourth-order valence-corrected chi connectivity index (χ4v) is 2.84. The van der Waals surface area contributed by atoms with Crippen LogP contribution in [0.15, 0.2) is 30.3 Å². The number of benzene rings is 1. The molecule has 1 fully saturated rings. The lowest BCUT2D eigenvalue weighted by atomic mass is 10.1. The zero-order valence-corrected chi connectivity index (χ0v) is 14.2. The molecule has 2 heterocycles.